The summed E-state index contributed by atoms with van der Waals surface area (Å²) in [7, 11) is -0.844. The van der Waals surface area contributed by atoms with Crippen LogP contribution in [0.25, 0.3) is 0 Å². The number of sulfonamides is 1. The van der Waals surface area contributed by atoms with E-state index in [4.69, 9.17) is 9.47 Å². The first-order chi connectivity index (χ1) is 13.3. The van der Waals surface area contributed by atoms with E-state index in [1.54, 1.807) is 43.3 Å². The predicted octanol–water partition coefficient (Wildman–Crippen LogP) is 1.64. The largest absolute Gasteiger partial charge is 0.496 e. The minimum Gasteiger partial charge on any atom is -0.496 e. The average molecular weight is 406 g/mol. The first-order valence-corrected chi connectivity index (χ1v) is 9.86. The van der Waals surface area contributed by atoms with Crippen molar-refractivity contribution in [2.75, 3.05) is 26.1 Å². The molecule has 0 aliphatic rings. The molecule has 0 saturated heterocycles. The molecule has 0 aliphatic heterocycles. The summed E-state index contributed by atoms with van der Waals surface area (Å²) in [4.78, 5) is 24.0. The summed E-state index contributed by atoms with van der Waals surface area (Å²) in [5.74, 6) is -0.603. The third kappa shape index (κ3) is 5.54. The predicted molar refractivity (Wildman–Crippen MR) is 104 cm³/mol. The molecule has 1 amide bonds. The SMILES string of the molecule is CNS(=O)(=O)c1cc(NC(=O)COC(=O)Cc2ccccc2OC)ccc1C. The molecule has 0 radical (unpaired) electrons. The van der Waals surface area contributed by atoms with Gasteiger partial charge in [-0.15, -0.1) is 0 Å². The molecule has 8 nitrogen and oxygen atoms in total. The Kier molecular flexibility index (Phi) is 7.13. The van der Waals surface area contributed by atoms with E-state index in [1.165, 1.54) is 20.2 Å². The number of aryl methyl sites for hydroxylation is 1. The average Bonchev–Trinajstić information content (AvgIpc) is 2.68. The van der Waals surface area contributed by atoms with Crippen LogP contribution >= 0.6 is 0 Å². The molecular formula is C19H22N2O6S. The van der Waals surface area contributed by atoms with Crippen molar-refractivity contribution < 1.29 is 27.5 Å². The second-order valence-electron chi connectivity index (χ2n) is 5.89. The highest BCUT2D eigenvalue weighted by atomic mass is 32.2. The Balaban J connectivity index is 1.96. The van der Waals surface area contributed by atoms with E-state index >= 15 is 0 Å². The van der Waals surface area contributed by atoms with Gasteiger partial charge in [0.15, 0.2) is 6.61 Å². The molecule has 0 fully saturated rings. The number of para-hydroxylation sites is 1. The Labute approximate surface area is 163 Å². The van der Waals surface area contributed by atoms with E-state index in [1.807, 2.05) is 0 Å². The fraction of sp³-hybridized carbons (Fsp3) is 0.263. The Bertz CT molecular complexity index is 972. The second kappa shape index (κ2) is 9.34. The molecule has 2 aromatic rings. The van der Waals surface area contributed by atoms with Crippen LogP contribution in [-0.2, 0) is 30.8 Å². The van der Waals surface area contributed by atoms with Crippen LogP contribution in [0.1, 0.15) is 11.1 Å². The van der Waals surface area contributed by atoms with Crippen molar-refractivity contribution in [3.05, 3.63) is 53.6 Å². The number of esters is 1. The zero-order valence-corrected chi connectivity index (χ0v) is 16.6. The number of benzene rings is 2. The third-order valence-electron chi connectivity index (χ3n) is 3.92. The maximum Gasteiger partial charge on any atom is 0.310 e. The van der Waals surface area contributed by atoms with Crippen LogP contribution in [-0.4, -0.2) is 41.1 Å². The summed E-state index contributed by atoms with van der Waals surface area (Å²) >= 11 is 0. The van der Waals surface area contributed by atoms with E-state index in [2.05, 4.69) is 10.0 Å². The number of amides is 1. The van der Waals surface area contributed by atoms with Crippen LogP contribution in [0.4, 0.5) is 5.69 Å². The van der Waals surface area contributed by atoms with Gasteiger partial charge in [0.2, 0.25) is 10.0 Å². The number of carbonyl (C=O) groups is 2. The molecule has 2 aromatic carbocycles. The van der Waals surface area contributed by atoms with Crippen molar-refractivity contribution >= 4 is 27.6 Å². The van der Waals surface area contributed by atoms with E-state index in [9.17, 15) is 18.0 Å². The molecular weight excluding hydrogens is 384 g/mol. The number of ether oxygens (including phenoxy) is 2. The topological polar surface area (TPSA) is 111 Å². The Hall–Kier alpha value is -2.91. The van der Waals surface area contributed by atoms with Gasteiger partial charge in [-0.3, -0.25) is 9.59 Å². The third-order valence-corrected chi connectivity index (χ3v) is 5.48. The van der Waals surface area contributed by atoms with Gasteiger partial charge >= 0.3 is 5.97 Å². The van der Waals surface area contributed by atoms with Crippen molar-refractivity contribution in [2.24, 2.45) is 0 Å². The summed E-state index contributed by atoms with van der Waals surface area (Å²) in [6.07, 6.45) is -0.0353. The van der Waals surface area contributed by atoms with E-state index in [0.29, 0.717) is 16.9 Å². The number of carbonyl (C=O) groups excluding carboxylic acids is 2. The fourth-order valence-electron chi connectivity index (χ4n) is 2.48. The van der Waals surface area contributed by atoms with Crippen LogP contribution in [0.3, 0.4) is 0 Å². The fourth-order valence-corrected chi connectivity index (χ4v) is 3.47. The molecule has 0 saturated carbocycles. The molecule has 150 valence electrons. The van der Waals surface area contributed by atoms with Gasteiger partial charge in [-0.2, -0.15) is 0 Å². The molecule has 0 spiro atoms. The lowest BCUT2D eigenvalue weighted by atomic mass is 10.1. The van der Waals surface area contributed by atoms with Gasteiger partial charge in [-0.05, 0) is 37.7 Å². The first-order valence-electron chi connectivity index (χ1n) is 8.38. The summed E-state index contributed by atoms with van der Waals surface area (Å²) in [6, 6.07) is 11.5. The quantitative estimate of drug-likeness (QED) is 0.645. The highest BCUT2D eigenvalue weighted by molar-refractivity contribution is 7.89. The molecule has 0 aromatic heterocycles. The Morgan fingerprint density at radius 2 is 1.82 bits per heavy atom. The van der Waals surface area contributed by atoms with Gasteiger partial charge in [-0.1, -0.05) is 24.3 Å². The number of hydrogen-bond donors (Lipinski definition) is 2. The Morgan fingerprint density at radius 1 is 1.11 bits per heavy atom. The maximum atomic E-state index is 12.0. The van der Waals surface area contributed by atoms with Gasteiger partial charge in [0.25, 0.3) is 5.91 Å². The molecule has 0 atom stereocenters. The molecule has 0 aliphatic carbocycles. The normalized spacial score (nSPS) is 11.0. The summed E-state index contributed by atoms with van der Waals surface area (Å²) in [6.45, 7) is 1.16. The van der Waals surface area contributed by atoms with Crippen LogP contribution in [0, 0.1) is 6.92 Å². The number of rotatable bonds is 8. The highest BCUT2D eigenvalue weighted by Gasteiger charge is 2.16. The van der Waals surface area contributed by atoms with Crippen molar-refractivity contribution in [3.63, 3.8) is 0 Å². The number of nitrogens with one attached hydrogen (secondary N) is 2. The van der Waals surface area contributed by atoms with E-state index in [0.717, 1.165) is 0 Å². The molecule has 9 heteroatoms. The minimum atomic E-state index is -3.65. The zero-order valence-electron chi connectivity index (χ0n) is 15.8. The maximum absolute atomic E-state index is 12.0. The number of hydrogen-bond acceptors (Lipinski definition) is 6. The van der Waals surface area contributed by atoms with Gasteiger partial charge in [0, 0.05) is 11.3 Å². The standard InChI is InChI=1S/C19H22N2O6S/c1-13-8-9-15(11-17(13)28(24,25)20-2)21-18(22)12-27-19(23)10-14-6-4-5-7-16(14)26-3/h4-9,11,20H,10,12H2,1-3H3,(H,21,22). The number of anilines is 1. The zero-order chi connectivity index (χ0) is 20.7. The van der Waals surface area contributed by atoms with Crippen molar-refractivity contribution in [1.82, 2.24) is 4.72 Å². The molecule has 2 rings (SSSR count). The minimum absolute atomic E-state index is 0.0353. The van der Waals surface area contributed by atoms with Crippen molar-refractivity contribution in [1.29, 1.82) is 0 Å². The smallest absolute Gasteiger partial charge is 0.310 e. The lowest BCUT2D eigenvalue weighted by Crippen LogP contribution is -2.23. The van der Waals surface area contributed by atoms with Gasteiger partial charge < -0.3 is 14.8 Å². The van der Waals surface area contributed by atoms with Crippen LogP contribution in [0.2, 0.25) is 0 Å². The summed E-state index contributed by atoms with van der Waals surface area (Å²) in [5, 5.41) is 2.51. The van der Waals surface area contributed by atoms with Crippen LogP contribution in [0.5, 0.6) is 5.75 Å². The monoisotopic (exact) mass is 406 g/mol. The molecule has 0 bridgehead atoms. The van der Waals surface area contributed by atoms with Crippen molar-refractivity contribution in [2.45, 2.75) is 18.2 Å². The molecule has 0 heterocycles. The molecule has 0 unspecified atom stereocenters. The van der Waals surface area contributed by atoms with Crippen LogP contribution < -0.4 is 14.8 Å². The second-order valence-corrected chi connectivity index (χ2v) is 7.74. The van der Waals surface area contributed by atoms with Crippen LogP contribution in [0.15, 0.2) is 47.4 Å². The molecule has 2 N–H and O–H groups in total. The lowest BCUT2D eigenvalue weighted by molar-refractivity contribution is -0.146. The van der Waals surface area contributed by atoms with Gasteiger partial charge in [0.05, 0.1) is 18.4 Å². The molecule has 28 heavy (non-hydrogen) atoms. The Morgan fingerprint density at radius 3 is 2.50 bits per heavy atom. The lowest BCUT2D eigenvalue weighted by Gasteiger charge is -2.11. The summed E-state index contributed by atoms with van der Waals surface area (Å²) in [5.41, 5.74) is 1.47. The van der Waals surface area contributed by atoms with E-state index < -0.39 is 28.5 Å². The van der Waals surface area contributed by atoms with Gasteiger partial charge in [-0.25, -0.2) is 13.1 Å². The van der Waals surface area contributed by atoms with Gasteiger partial charge in [0.1, 0.15) is 5.75 Å². The summed E-state index contributed by atoms with van der Waals surface area (Å²) < 4.78 is 36.4. The first kappa shape index (κ1) is 21.4. The number of methoxy groups -OCH3 is 1. The van der Waals surface area contributed by atoms with Crippen molar-refractivity contribution in [3.8, 4) is 5.75 Å². The van der Waals surface area contributed by atoms with E-state index in [-0.39, 0.29) is 17.0 Å². The highest BCUT2D eigenvalue weighted by Crippen LogP contribution is 2.20.